The molecule has 3 rings (SSSR count). The number of aliphatic hydroxyl groups excluding tert-OH is 1. The van der Waals surface area contributed by atoms with Gasteiger partial charge in [-0.25, -0.2) is 4.98 Å². The number of hydrogen-bond donors (Lipinski definition) is 2. The molecule has 8 nitrogen and oxygen atoms in total. The molecule has 142 valence electrons. The van der Waals surface area contributed by atoms with E-state index in [1.807, 2.05) is 0 Å². The second kappa shape index (κ2) is 8.52. The molecule has 0 bridgehead atoms. The SMILES string of the molecule is NC(CO)Cc1nc(-c2ccc(Oc3ccc(OC(F)F)cn3)cc2)no1. The monoisotopic (exact) mass is 378 g/mol. The Morgan fingerprint density at radius 2 is 1.85 bits per heavy atom. The van der Waals surface area contributed by atoms with Gasteiger partial charge in [-0.1, -0.05) is 5.16 Å². The first-order valence-corrected chi connectivity index (χ1v) is 7.91. The molecule has 0 aliphatic rings. The maximum absolute atomic E-state index is 12.1. The minimum Gasteiger partial charge on any atom is -0.439 e. The van der Waals surface area contributed by atoms with Gasteiger partial charge in [0.15, 0.2) is 0 Å². The Morgan fingerprint density at radius 3 is 2.48 bits per heavy atom. The lowest BCUT2D eigenvalue weighted by molar-refractivity contribution is -0.0501. The maximum Gasteiger partial charge on any atom is 0.387 e. The van der Waals surface area contributed by atoms with Crippen LogP contribution in [0.5, 0.6) is 17.4 Å². The topological polar surface area (TPSA) is 117 Å². The standard InChI is InChI=1S/C17H16F2N4O4/c18-17(19)26-13-5-6-14(21-8-13)25-12-3-1-10(2-4-12)16-22-15(27-23-16)7-11(20)9-24/h1-6,8,11,17,24H,7,9,20H2. The molecule has 0 radical (unpaired) electrons. The molecular formula is C17H16F2N4O4. The number of hydrogen-bond acceptors (Lipinski definition) is 8. The molecule has 3 aromatic rings. The maximum atomic E-state index is 12.1. The van der Waals surface area contributed by atoms with Gasteiger partial charge in [-0.2, -0.15) is 13.8 Å². The summed E-state index contributed by atoms with van der Waals surface area (Å²) in [4.78, 5) is 8.11. The van der Waals surface area contributed by atoms with E-state index in [1.54, 1.807) is 24.3 Å². The van der Waals surface area contributed by atoms with E-state index in [0.29, 0.717) is 23.0 Å². The summed E-state index contributed by atoms with van der Waals surface area (Å²) in [6, 6.07) is 9.10. The minimum atomic E-state index is -2.91. The lowest BCUT2D eigenvalue weighted by atomic mass is 10.2. The van der Waals surface area contributed by atoms with Crippen LogP contribution in [0.2, 0.25) is 0 Å². The van der Waals surface area contributed by atoms with Gasteiger partial charge in [0.05, 0.1) is 12.8 Å². The summed E-state index contributed by atoms with van der Waals surface area (Å²) in [5.41, 5.74) is 6.33. The summed E-state index contributed by atoms with van der Waals surface area (Å²) in [7, 11) is 0. The Bertz CT molecular complexity index is 856. The van der Waals surface area contributed by atoms with Crippen molar-refractivity contribution in [3.8, 4) is 28.8 Å². The molecule has 2 heterocycles. The predicted molar refractivity (Wildman–Crippen MR) is 89.4 cm³/mol. The molecule has 10 heteroatoms. The van der Waals surface area contributed by atoms with E-state index in [-0.39, 0.29) is 24.7 Å². The number of nitrogens with zero attached hydrogens (tertiary/aromatic N) is 3. The lowest BCUT2D eigenvalue weighted by Gasteiger charge is -2.07. The van der Waals surface area contributed by atoms with Crippen LogP contribution in [0.25, 0.3) is 11.4 Å². The summed E-state index contributed by atoms with van der Waals surface area (Å²) in [6.45, 7) is -3.08. The Hall–Kier alpha value is -3.11. The van der Waals surface area contributed by atoms with Gasteiger partial charge in [-0.3, -0.25) is 0 Å². The van der Waals surface area contributed by atoms with Crippen LogP contribution < -0.4 is 15.2 Å². The van der Waals surface area contributed by atoms with Crippen LogP contribution in [-0.4, -0.2) is 39.5 Å². The van der Waals surface area contributed by atoms with Crippen LogP contribution in [0.1, 0.15) is 5.89 Å². The highest BCUT2D eigenvalue weighted by Gasteiger charge is 2.12. The van der Waals surface area contributed by atoms with E-state index in [0.717, 1.165) is 6.20 Å². The van der Waals surface area contributed by atoms with Crippen molar-refractivity contribution in [2.45, 2.75) is 19.1 Å². The molecule has 0 aliphatic heterocycles. The normalized spacial score (nSPS) is 12.2. The van der Waals surface area contributed by atoms with Gasteiger partial charge in [0.25, 0.3) is 0 Å². The number of benzene rings is 1. The van der Waals surface area contributed by atoms with Gasteiger partial charge in [0.1, 0.15) is 11.5 Å². The molecule has 0 saturated carbocycles. The van der Waals surface area contributed by atoms with Crippen molar-refractivity contribution in [3.63, 3.8) is 0 Å². The van der Waals surface area contributed by atoms with Crippen LogP contribution >= 0.6 is 0 Å². The quantitative estimate of drug-likeness (QED) is 0.614. The first kappa shape index (κ1) is 18.7. The van der Waals surface area contributed by atoms with Crippen molar-refractivity contribution in [2.24, 2.45) is 5.73 Å². The van der Waals surface area contributed by atoms with E-state index in [4.69, 9.17) is 20.1 Å². The number of alkyl halides is 2. The number of aromatic nitrogens is 3. The molecule has 0 fully saturated rings. The number of ether oxygens (including phenoxy) is 2. The lowest BCUT2D eigenvalue weighted by Crippen LogP contribution is -2.26. The highest BCUT2D eigenvalue weighted by molar-refractivity contribution is 5.55. The zero-order chi connectivity index (χ0) is 19.2. The van der Waals surface area contributed by atoms with Crippen molar-refractivity contribution in [3.05, 3.63) is 48.5 Å². The summed E-state index contributed by atoms with van der Waals surface area (Å²) in [6.07, 6.45) is 1.43. The number of halogens is 2. The third-order valence-corrected chi connectivity index (χ3v) is 3.41. The molecule has 1 aromatic carbocycles. The van der Waals surface area contributed by atoms with Crippen LogP contribution in [0.3, 0.4) is 0 Å². The van der Waals surface area contributed by atoms with Crippen LogP contribution in [0.4, 0.5) is 8.78 Å². The number of rotatable bonds is 8. The molecule has 0 saturated heterocycles. The molecule has 0 amide bonds. The van der Waals surface area contributed by atoms with Crippen LogP contribution in [0, 0.1) is 0 Å². The molecule has 1 unspecified atom stereocenters. The van der Waals surface area contributed by atoms with Crippen molar-refractivity contribution >= 4 is 0 Å². The third kappa shape index (κ3) is 5.19. The summed E-state index contributed by atoms with van der Waals surface area (Å²) < 4.78 is 39.1. The zero-order valence-corrected chi connectivity index (χ0v) is 14.0. The molecule has 3 N–H and O–H groups in total. The van der Waals surface area contributed by atoms with Crippen molar-refractivity contribution < 1.29 is 27.9 Å². The van der Waals surface area contributed by atoms with Gasteiger partial charge in [-0.15, -0.1) is 0 Å². The summed E-state index contributed by atoms with van der Waals surface area (Å²) >= 11 is 0. The minimum absolute atomic E-state index is 0.0541. The number of nitrogens with two attached hydrogens (primary N) is 1. The zero-order valence-electron chi connectivity index (χ0n) is 14.0. The molecule has 27 heavy (non-hydrogen) atoms. The van der Waals surface area contributed by atoms with Crippen molar-refractivity contribution in [2.75, 3.05) is 6.61 Å². The fourth-order valence-corrected chi connectivity index (χ4v) is 2.14. The summed E-state index contributed by atoms with van der Waals surface area (Å²) in [5, 5.41) is 12.8. The highest BCUT2D eigenvalue weighted by Crippen LogP contribution is 2.25. The van der Waals surface area contributed by atoms with Gasteiger partial charge < -0.3 is 24.8 Å². The smallest absolute Gasteiger partial charge is 0.387 e. The second-order valence-electron chi connectivity index (χ2n) is 5.50. The van der Waals surface area contributed by atoms with E-state index < -0.39 is 12.7 Å². The van der Waals surface area contributed by atoms with Crippen molar-refractivity contribution in [1.82, 2.24) is 15.1 Å². The Morgan fingerprint density at radius 1 is 1.11 bits per heavy atom. The fraction of sp³-hybridized carbons (Fsp3) is 0.235. The van der Waals surface area contributed by atoms with Crippen LogP contribution in [-0.2, 0) is 6.42 Å². The van der Waals surface area contributed by atoms with Gasteiger partial charge in [0.2, 0.25) is 17.6 Å². The first-order valence-electron chi connectivity index (χ1n) is 7.91. The molecule has 2 aromatic heterocycles. The second-order valence-corrected chi connectivity index (χ2v) is 5.50. The first-order chi connectivity index (χ1) is 13.0. The predicted octanol–water partition coefficient (Wildman–Crippen LogP) is 2.39. The Kier molecular flexibility index (Phi) is 5.89. The molecule has 0 aliphatic carbocycles. The largest absolute Gasteiger partial charge is 0.439 e. The fourth-order valence-electron chi connectivity index (χ4n) is 2.14. The Balaban J connectivity index is 1.63. The van der Waals surface area contributed by atoms with Crippen LogP contribution in [0.15, 0.2) is 47.1 Å². The number of aliphatic hydroxyl groups is 1. The third-order valence-electron chi connectivity index (χ3n) is 3.41. The molecule has 1 atom stereocenters. The van der Waals surface area contributed by atoms with Gasteiger partial charge in [0, 0.05) is 24.1 Å². The number of pyridine rings is 1. The van der Waals surface area contributed by atoms with E-state index in [1.165, 1.54) is 12.1 Å². The summed E-state index contributed by atoms with van der Waals surface area (Å²) in [5.74, 6) is 1.38. The van der Waals surface area contributed by atoms with E-state index >= 15 is 0 Å². The molecule has 0 spiro atoms. The van der Waals surface area contributed by atoms with E-state index in [2.05, 4.69) is 19.9 Å². The average Bonchev–Trinajstić information content (AvgIpc) is 3.12. The average molecular weight is 378 g/mol. The highest BCUT2D eigenvalue weighted by atomic mass is 19.3. The Labute approximate surface area is 152 Å². The van der Waals surface area contributed by atoms with Gasteiger partial charge in [-0.05, 0) is 30.3 Å². The van der Waals surface area contributed by atoms with E-state index in [9.17, 15) is 8.78 Å². The van der Waals surface area contributed by atoms with Crippen molar-refractivity contribution in [1.29, 1.82) is 0 Å². The van der Waals surface area contributed by atoms with Gasteiger partial charge >= 0.3 is 6.61 Å². The molecular weight excluding hydrogens is 362 g/mol.